The monoisotopic (exact) mass is 353 g/mol. The van der Waals surface area contributed by atoms with Crippen LogP contribution in [-0.2, 0) is 17.8 Å². The Hall–Kier alpha value is -1.87. The molecule has 2 aromatic heterocycles. The second kappa shape index (κ2) is 7.35. The van der Waals surface area contributed by atoms with Gasteiger partial charge in [0.1, 0.15) is 0 Å². The molecule has 1 saturated heterocycles. The number of likely N-dealkylation sites (tertiary alicyclic amines) is 1. The summed E-state index contributed by atoms with van der Waals surface area (Å²) in [6.45, 7) is 5.45. The van der Waals surface area contributed by atoms with E-state index in [1.165, 1.54) is 18.3 Å². The van der Waals surface area contributed by atoms with Crippen LogP contribution in [-0.4, -0.2) is 39.0 Å². The summed E-state index contributed by atoms with van der Waals surface area (Å²) in [6, 6.07) is 0. The topological polar surface area (TPSA) is 84.2 Å². The van der Waals surface area contributed by atoms with Gasteiger partial charge in [-0.15, -0.1) is 0 Å². The molecular formula is C15H20FN5O2S. The highest BCUT2D eigenvalue weighted by atomic mass is 32.1. The molecule has 2 aromatic rings. The van der Waals surface area contributed by atoms with E-state index in [9.17, 15) is 9.18 Å². The van der Waals surface area contributed by atoms with Gasteiger partial charge >= 0.3 is 0 Å². The van der Waals surface area contributed by atoms with Crippen molar-refractivity contribution in [1.82, 2.24) is 20.0 Å². The van der Waals surface area contributed by atoms with Crippen LogP contribution in [0.15, 0.2) is 4.52 Å². The number of anilines is 1. The van der Waals surface area contributed by atoms with Crippen LogP contribution >= 0.6 is 11.3 Å². The lowest BCUT2D eigenvalue weighted by Gasteiger charge is -2.31. The van der Waals surface area contributed by atoms with Gasteiger partial charge in [-0.2, -0.15) is 14.4 Å². The van der Waals surface area contributed by atoms with E-state index in [1.807, 2.05) is 0 Å². The first-order chi connectivity index (χ1) is 11.5. The number of thiazole rings is 1. The van der Waals surface area contributed by atoms with E-state index in [2.05, 4.69) is 25.3 Å². The van der Waals surface area contributed by atoms with Crippen molar-refractivity contribution in [2.24, 2.45) is 5.92 Å². The summed E-state index contributed by atoms with van der Waals surface area (Å²) in [4.78, 5) is 21.8. The fourth-order valence-corrected chi connectivity index (χ4v) is 3.91. The Kier molecular flexibility index (Phi) is 5.20. The SMILES string of the molecule is CC(=O)Nc1nc(F)c(CN2CCCC(Cc3noc(C)n3)C2)s1. The molecule has 3 heterocycles. The fourth-order valence-electron chi connectivity index (χ4n) is 2.98. The zero-order valence-electron chi connectivity index (χ0n) is 13.7. The normalized spacial score (nSPS) is 18.7. The Balaban J connectivity index is 1.59. The molecule has 7 nitrogen and oxygen atoms in total. The van der Waals surface area contributed by atoms with E-state index in [0.717, 1.165) is 38.2 Å². The number of piperidine rings is 1. The number of nitrogens with one attached hydrogen (secondary N) is 1. The van der Waals surface area contributed by atoms with Crippen molar-refractivity contribution >= 4 is 22.4 Å². The molecule has 1 amide bonds. The zero-order chi connectivity index (χ0) is 17.1. The molecule has 0 spiro atoms. The predicted molar refractivity (Wildman–Crippen MR) is 87.1 cm³/mol. The minimum Gasteiger partial charge on any atom is -0.340 e. The quantitative estimate of drug-likeness (QED) is 0.888. The van der Waals surface area contributed by atoms with Crippen molar-refractivity contribution in [2.45, 2.75) is 39.7 Å². The van der Waals surface area contributed by atoms with Crippen LogP contribution in [0.2, 0.25) is 0 Å². The molecule has 0 aliphatic carbocycles. The third kappa shape index (κ3) is 4.35. The van der Waals surface area contributed by atoms with Crippen LogP contribution in [0.3, 0.4) is 0 Å². The molecule has 0 radical (unpaired) electrons. The number of amides is 1. The van der Waals surface area contributed by atoms with Gasteiger partial charge in [-0.25, -0.2) is 0 Å². The number of carbonyl (C=O) groups excluding carboxylic acids is 1. The van der Waals surface area contributed by atoms with Crippen molar-refractivity contribution < 1.29 is 13.7 Å². The van der Waals surface area contributed by atoms with Gasteiger partial charge in [0.15, 0.2) is 11.0 Å². The third-order valence-corrected chi connectivity index (χ3v) is 4.87. The molecule has 1 N–H and O–H groups in total. The fraction of sp³-hybridized carbons (Fsp3) is 0.600. The van der Waals surface area contributed by atoms with E-state index < -0.39 is 5.95 Å². The summed E-state index contributed by atoms with van der Waals surface area (Å²) in [5.74, 6) is 0.996. The molecule has 0 bridgehead atoms. The van der Waals surface area contributed by atoms with Gasteiger partial charge in [0.2, 0.25) is 17.7 Å². The van der Waals surface area contributed by atoms with Crippen LogP contribution in [0.1, 0.15) is 36.4 Å². The van der Waals surface area contributed by atoms with Gasteiger partial charge in [0.25, 0.3) is 0 Å². The summed E-state index contributed by atoms with van der Waals surface area (Å²) in [5.41, 5.74) is 0. The van der Waals surface area contributed by atoms with E-state index >= 15 is 0 Å². The molecule has 1 aliphatic rings. The second-order valence-corrected chi connectivity index (χ2v) is 7.17. The van der Waals surface area contributed by atoms with E-state index in [-0.39, 0.29) is 5.91 Å². The summed E-state index contributed by atoms with van der Waals surface area (Å²) in [5, 5.41) is 6.79. The number of rotatable bonds is 5. The molecule has 1 fully saturated rings. The maximum Gasteiger partial charge on any atom is 0.230 e. The number of hydrogen-bond donors (Lipinski definition) is 1. The third-order valence-electron chi connectivity index (χ3n) is 3.94. The standard InChI is InChI=1S/C15H20FN5O2S/c1-9(22)17-15-19-14(16)12(24-15)8-21-5-3-4-11(7-21)6-13-18-10(2)23-20-13/h11H,3-8H2,1-2H3,(H,17,19,22). The first-order valence-electron chi connectivity index (χ1n) is 7.94. The van der Waals surface area contributed by atoms with Gasteiger partial charge in [-0.1, -0.05) is 16.5 Å². The smallest absolute Gasteiger partial charge is 0.230 e. The second-order valence-electron chi connectivity index (χ2n) is 6.09. The number of hydrogen-bond acceptors (Lipinski definition) is 7. The molecular weight excluding hydrogens is 333 g/mol. The minimum atomic E-state index is -0.500. The van der Waals surface area contributed by atoms with Crippen molar-refractivity contribution in [3.8, 4) is 0 Å². The lowest BCUT2D eigenvalue weighted by Crippen LogP contribution is -2.35. The molecule has 1 aliphatic heterocycles. The Morgan fingerprint density at radius 2 is 2.33 bits per heavy atom. The largest absolute Gasteiger partial charge is 0.340 e. The highest BCUT2D eigenvalue weighted by Crippen LogP contribution is 2.26. The van der Waals surface area contributed by atoms with E-state index in [1.54, 1.807) is 6.92 Å². The number of carbonyl (C=O) groups is 1. The Labute approximate surface area is 143 Å². The predicted octanol–water partition coefficient (Wildman–Crippen LogP) is 2.39. The molecule has 1 unspecified atom stereocenters. The average Bonchev–Trinajstić information content (AvgIpc) is 3.05. The van der Waals surface area contributed by atoms with Crippen LogP contribution in [0.25, 0.3) is 0 Å². The summed E-state index contributed by atoms with van der Waals surface area (Å²) in [7, 11) is 0. The maximum absolute atomic E-state index is 14.0. The van der Waals surface area contributed by atoms with Gasteiger partial charge in [-0.05, 0) is 25.3 Å². The van der Waals surface area contributed by atoms with Gasteiger partial charge < -0.3 is 9.84 Å². The van der Waals surface area contributed by atoms with Gasteiger partial charge in [0.05, 0.1) is 4.88 Å². The van der Waals surface area contributed by atoms with Crippen molar-refractivity contribution in [1.29, 1.82) is 0 Å². The zero-order valence-corrected chi connectivity index (χ0v) is 14.5. The van der Waals surface area contributed by atoms with E-state index in [4.69, 9.17) is 4.52 Å². The highest BCUT2D eigenvalue weighted by molar-refractivity contribution is 7.15. The molecule has 130 valence electrons. The van der Waals surface area contributed by atoms with Crippen LogP contribution in [0.5, 0.6) is 0 Å². The van der Waals surface area contributed by atoms with Crippen LogP contribution in [0.4, 0.5) is 9.52 Å². The summed E-state index contributed by atoms with van der Waals surface area (Å²) < 4.78 is 19.0. The number of halogens is 1. The molecule has 24 heavy (non-hydrogen) atoms. The van der Waals surface area contributed by atoms with Gasteiger partial charge in [-0.3, -0.25) is 9.69 Å². The van der Waals surface area contributed by atoms with Crippen LogP contribution < -0.4 is 5.32 Å². The lowest BCUT2D eigenvalue weighted by atomic mass is 9.94. The van der Waals surface area contributed by atoms with Crippen molar-refractivity contribution in [2.75, 3.05) is 18.4 Å². The molecule has 9 heteroatoms. The van der Waals surface area contributed by atoms with Gasteiger partial charge in [0, 0.05) is 33.4 Å². The molecule has 1 atom stereocenters. The first kappa shape index (κ1) is 17.0. The van der Waals surface area contributed by atoms with E-state index in [0.29, 0.717) is 28.4 Å². The van der Waals surface area contributed by atoms with Crippen LogP contribution in [0, 0.1) is 18.8 Å². The Bertz CT molecular complexity index is 717. The average molecular weight is 353 g/mol. The first-order valence-corrected chi connectivity index (χ1v) is 8.75. The highest BCUT2D eigenvalue weighted by Gasteiger charge is 2.24. The molecule has 0 saturated carbocycles. The summed E-state index contributed by atoms with van der Waals surface area (Å²) >= 11 is 1.19. The molecule has 3 rings (SSSR count). The van der Waals surface area contributed by atoms with Crippen molar-refractivity contribution in [3.05, 3.63) is 22.5 Å². The number of aryl methyl sites for hydroxylation is 1. The molecule has 0 aromatic carbocycles. The minimum absolute atomic E-state index is 0.247. The lowest BCUT2D eigenvalue weighted by molar-refractivity contribution is -0.114. The Morgan fingerprint density at radius 3 is 3.04 bits per heavy atom. The Morgan fingerprint density at radius 1 is 1.50 bits per heavy atom. The van der Waals surface area contributed by atoms with Crippen molar-refractivity contribution in [3.63, 3.8) is 0 Å². The number of nitrogens with zero attached hydrogens (tertiary/aromatic N) is 4. The maximum atomic E-state index is 14.0. The number of aromatic nitrogens is 3. The summed E-state index contributed by atoms with van der Waals surface area (Å²) in [6.07, 6.45) is 2.93.